The Morgan fingerprint density at radius 2 is 1.76 bits per heavy atom. The molecule has 1 heterocycles. The number of benzene rings is 2. The van der Waals surface area contributed by atoms with Crippen LogP contribution in [0.4, 0.5) is 4.39 Å². The van der Waals surface area contributed by atoms with Gasteiger partial charge >= 0.3 is 131 Å². The van der Waals surface area contributed by atoms with Gasteiger partial charge in [0, 0.05) is 0 Å². The van der Waals surface area contributed by atoms with Crippen molar-refractivity contribution in [3.63, 3.8) is 0 Å². The number of hydrogen-bond donors (Lipinski definition) is 0. The Hall–Kier alpha value is -1.63. The third-order valence-electron chi connectivity index (χ3n) is 3.68. The summed E-state index contributed by atoms with van der Waals surface area (Å²) in [6.07, 6.45) is 6.32. The Bertz CT molecular complexity index is 696. The van der Waals surface area contributed by atoms with Crippen molar-refractivity contribution in [2.45, 2.75) is 19.8 Å². The number of hydrogen-bond acceptors (Lipinski definition) is 0. The van der Waals surface area contributed by atoms with Crippen molar-refractivity contribution >= 4 is 19.4 Å². The van der Waals surface area contributed by atoms with Crippen molar-refractivity contribution < 1.29 is 4.39 Å². The Morgan fingerprint density at radius 1 is 1.00 bits per heavy atom. The van der Waals surface area contributed by atoms with E-state index >= 15 is 0 Å². The first-order valence-corrected chi connectivity index (χ1v) is 9.56. The second-order valence-corrected chi connectivity index (χ2v) is 7.66. The Balaban J connectivity index is 1.87. The van der Waals surface area contributed by atoms with E-state index < -0.39 is 0 Å². The molecule has 0 radical (unpaired) electrons. The quantitative estimate of drug-likeness (QED) is 0.717. The Morgan fingerprint density at radius 3 is 2.38 bits per heavy atom. The van der Waals surface area contributed by atoms with E-state index in [-0.39, 0.29) is 20.8 Å². The van der Waals surface area contributed by atoms with Gasteiger partial charge in [-0.25, -0.2) is 0 Å². The normalized spacial score (nSPS) is 15.4. The van der Waals surface area contributed by atoms with Crippen LogP contribution >= 0.6 is 0 Å². The molecule has 2 aromatic rings. The van der Waals surface area contributed by atoms with E-state index in [4.69, 9.17) is 0 Å². The molecular weight excluding hydrogens is 326 g/mol. The van der Waals surface area contributed by atoms with Crippen molar-refractivity contribution in [3.05, 3.63) is 76.5 Å². The maximum absolute atomic E-state index is 14.3. The van der Waals surface area contributed by atoms with Gasteiger partial charge in [-0.3, -0.25) is 0 Å². The van der Waals surface area contributed by atoms with Crippen LogP contribution in [0.15, 0.2) is 59.6 Å². The zero-order valence-corrected chi connectivity index (χ0v) is 14.2. The molecule has 0 fully saturated rings. The van der Waals surface area contributed by atoms with Crippen LogP contribution in [0.5, 0.6) is 0 Å². The molecule has 1 aliphatic rings. The van der Waals surface area contributed by atoms with E-state index in [1.54, 1.807) is 6.07 Å². The minimum atomic E-state index is -0.285. The van der Waals surface area contributed by atoms with Crippen LogP contribution < -0.4 is 0 Å². The van der Waals surface area contributed by atoms with Crippen LogP contribution in [-0.2, 0) is 6.42 Å². The average Bonchev–Trinajstić information content (AvgIpc) is 3.02. The molecule has 108 valence electrons. The molecular formula is C19H19FSe. The molecule has 0 aromatic heterocycles. The molecule has 1 aliphatic heterocycles. The first-order valence-electron chi connectivity index (χ1n) is 7.30. The van der Waals surface area contributed by atoms with Crippen molar-refractivity contribution in [2.75, 3.05) is 0 Å². The maximum atomic E-state index is 14.3. The summed E-state index contributed by atoms with van der Waals surface area (Å²) >= 11 is -0.285. The van der Waals surface area contributed by atoms with Gasteiger partial charge in [0.2, 0.25) is 0 Å². The second kappa shape index (κ2) is 6.43. The molecule has 0 aliphatic carbocycles. The summed E-state index contributed by atoms with van der Waals surface area (Å²) in [4.78, 5) is 2.18. The van der Waals surface area contributed by atoms with E-state index in [2.05, 4.69) is 36.2 Å². The first kappa shape index (κ1) is 14.3. The van der Waals surface area contributed by atoms with Gasteiger partial charge in [0.1, 0.15) is 0 Å². The fourth-order valence-electron chi connectivity index (χ4n) is 2.56. The monoisotopic (exact) mass is 346 g/mol. The minimum absolute atomic E-state index is 0.108. The fourth-order valence-corrected chi connectivity index (χ4v) is 4.50. The van der Waals surface area contributed by atoms with Crippen LogP contribution in [0.3, 0.4) is 0 Å². The predicted octanol–water partition coefficient (Wildman–Crippen LogP) is 4.48. The number of allylic oxidation sites excluding steroid dienone is 2. The van der Waals surface area contributed by atoms with Gasteiger partial charge in [-0.15, -0.1) is 0 Å². The van der Waals surface area contributed by atoms with Gasteiger partial charge in [-0.1, -0.05) is 0 Å². The summed E-state index contributed by atoms with van der Waals surface area (Å²) in [5.41, 5.74) is 4.14. The van der Waals surface area contributed by atoms with Crippen LogP contribution in [-0.4, -0.2) is 15.0 Å². The molecule has 0 bridgehead atoms. The molecule has 0 saturated heterocycles. The van der Waals surface area contributed by atoms with Crippen LogP contribution in [0.2, 0.25) is 0 Å². The van der Waals surface area contributed by atoms with Crippen molar-refractivity contribution in [1.29, 1.82) is 0 Å². The number of rotatable bonds is 4. The zero-order valence-electron chi connectivity index (χ0n) is 12.1. The topological polar surface area (TPSA) is 0 Å². The summed E-state index contributed by atoms with van der Waals surface area (Å²) < 4.78 is 15.5. The standard InChI is InChI=1S/C19H19FSe/c1-2-4-14-6-8-15(9-7-14)16-10-11-17(18(20)13-16)19-5-3-12-21-19/h3,5-13H,2,4,21H2,1H3. The molecule has 0 saturated carbocycles. The second-order valence-electron chi connectivity index (χ2n) is 5.23. The molecule has 0 unspecified atom stereocenters. The molecule has 0 nitrogen and oxygen atoms in total. The van der Waals surface area contributed by atoms with E-state index in [0.29, 0.717) is 0 Å². The number of halogens is 1. The summed E-state index contributed by atoms with van der Waals surface area (Å²) in [5, 5.41) is 0. The van der Waals surface area contributed by atoms with Crippen molar-refractivity contribution in [3.8, 4) is 11.1 Å². The fraction of sp³-hybridized carbons (Fsp3) is 0.158. The van der Waals surface area contributed by atoms with Gasteiger partial charge in [0.05, 0.1) is 0 Å². The van der Waals surface area contributed by atoms with E-state index in [1.165, 1.54) is 10.0 Å². The van der Waals surface area contributed by atoms with Crippen LogP contribution in [0, 0.1) is 5.82 Å². The molecule has 2 aromatic carbocycles. The summed E-state index contributed by atoms with van der Waals surface area (Å²) in [5.74, 6) is -0.108. The average molecular weight is 345 g/mol. The van der Waals surface area contributed by atoms with Gasteiger partial charge in [-0.2, -0.15) is 0 Å². The van der Waals surface area contributed by atoms with Crippen molar-refractivity contribution in [1.82, 2.24) is 0 Å². The molecule has 0 spiro atoms. The Kier molecular flexibility index (Phi) is 4.38. The summed E-state index contributed by atoms with van der Waals surface area (Å²) in [6.45, 7) is 2.18. The summed E-state index contributed by atoms with van der Waals surface area (Å²) in [6, 6.07) is 14.1. The van der Waals surface area contributed by atoms with Gasteiger partial charge in [-0.05, 0) is 0 Å². The van der Waals surface area contributed by atoms with Crippen molar-refractivity contribution in [2.24, 2.45) is 0 Å². The first-order chi connectivity index (χ1) is 10.3. The van der Waals surface area contributed by atoms with E-state index in [9.17, 15) is 4.39 Å². The molecule has 3 rings (SSSR count). The molecule has 0 atom stereocenters. The number of aryl methyl sites for hydroxylation is 1. The predicted molar refractivity (Wildman–Crippen MR) is 91.5 cm³/mol. The van der Waals surface area contributed by atoms with Gasteiger partial charge in [0.25, 0.3) is 0 Å². The van der Waals surface area contributed by atoms with E-state index in [0.717, 1.165) is 29.5 Å². The molecule has 0 amide bonds. The molecule has 21 heavy (non-hydrogen) atoms. The molecule has 2 heteroatoms. The van der Waals surface area contributed by atoms with Gasteiger partial charge in [0.15, 0.2) is 0 Å². The van der Waals surface area contributed by atoms with Gasteiger partial charge < -0.3 is 0 Å². The molecule has 0 N–H and O–H groups in total. The third kappa shape index (κ3) is 3.18. The third-order valence-corrected chi connectivity index (χ3v) is 6.00. The van der Waals surface area contributed by atoms with Crippen LogP contribution in [0.1, 0.15) is 24.5 Å². The van der Waals surface area contributed by atoms with Crippen LogP contribution in [0.25, 0.3) is 15.6 Å². The zero-order chi connectivity index (χ0) is 14.7. The Labute approximate surface area is 131 Å². The van der Waals surface area contributed by atoms with E-state index in [1.807, 2.05) is 24.3 Å². The summed E-state index contributed by atoms with van der Waals surface area (Å²) in [7, 11) is 0. The SMILES string of the molecule is CCCc1ccc(-c2ccc(C3=CC=C[SeH2]3)c(F)c2)cc1.